The lowest BCUT2D eigenvalue weighted by Crippen LogP contribution is -2.36. The van der Waals surface area contributed by atoms with Gasteiger partial charge in [-0.15, -0.1) is 5.10 Å². The predicted octanol–water partition coefficient (Wildman–Crippen LogP) is 1.45. The van der Waals surface area contributed by atoms with E-state index in [1.54, 1.807) is 31.6 Å². The van der Waals surface area contributed by atoms with Gasteiger partial charge in [-0.3, -0.25) is 9.48 Å². The minimum Gasteiger partial charge on any atom is -0.374 e. The Kier molecular flexibility index (Phi) is 5.02. The number of rotatable bonds is 5. The van der Waals surface area contributed by atoms with Gasteiger partial charge in [0.1, 0.15) is 5.69 Å². The second-order valence-corrected chi connectivity index (χ2v) is 8.84. The molecule has 4 aromatic rings. The molecule has 2 N–H and O–H groups in total. The monoisotopic (exact) mass is 472 g/mol. The Morgan fingerprint density at radius 3 is 2.86 bits per heavy atom. The number of aromatic nitrogens is 8. The molecule has 178 valence electrons. The van der Waals surface area contributed by atoms with Crippen molar-refractivity contribution in [2.45, 2.75) is 37.8 Å². The SMILES string of the molecule is CN1CCC(O)(c2cn(-c3cccc(-c4ccnc(Nc5cnn6c5CCCC6)n4)n3)nn2)C1=O. The van der Waals surface area contributed by atoms with Crippen LogP contribution < -0.4 is 5.32 Å². The molecule has 0 bridgehead atoms. The predicted molar refractivity (Wildman–Crippen MR) is 125 cm³/mol. The second-order valence-electron chi connectivity index (χ2n) is 8.84. The number of fused-ring (bicyclic) bond motifs is 1. The summed E-state index contributed by atoms with van der Waals surface area (Å²) in [5.74, 6) is 0.569. The summed E-state index contributed by atoms with van der Waals surface area (Å²) in [6, 6.07) is 7.24. The third kappa shape index (κ3) is 3.71. The second kappa shape index (κ2) is 8.24. The van der Waals surface area contributed by atoms with E-state index in [1.807, 2.05) is 23.0 Å². The van der Waals surface area contributed by atoms with Crippen LogP contribution in [0.2, 0.25) is 0 Å². The van der Waals surface area contributed by atoms with Crippen molar-refractivity contribution in [2.24, 2.45) is 0 Å². The van der Waals surface area contributed by atoms with Crippen molar-refractivity contribution < 1.29 is 9.90 Å². The third-order valence-corrected chi connectivity index (χ3v) is 6.54. The molecule has 1 unspecified atom stereocenters. The fraction of sp³-hybridized carbons (Fsp3) is 0.348. The first-order valence-electron chi connectivity index (χ1n) is 11.5. The van der Waals surface area contributed by atoms with Crippen LogP contribution in [0.5, 0.6) is 0 Å². The van der Waals surface area contributed by atoms with Gasteiger partial charge in [0.2, 0.25) is 5.95 Å². The van der Waals surface area contributed by atoms with Crippen molar-refractivity contribution in [2.75, 3.05) is 18.9 Å². The van der Waals surface area contributed by atoms with E-state index < -0.39 is 5.60 Å². The van der Waals surface area contributed by atoms with Crippen LogP contribution >= 0.6 is 0 Å². The Hall–Kier alpha value is -4.19. The van der Waals surface area contributed by atoms with Gasteiger partial charge >= 0.3 is 0 Å². The van der Waals surface area contributed by atoms with Crippen molar-refractivity contribution >= 4 is 17.5 Å². The van der Waals surface area contributed by atoms with Crippen molar-refractivity contribution in [3.63, 3.8) is 0 Å². The lowest BCUT2D eigenvalue weighted by molar-refractivity contribution is -0.143. The first-order valence-corrected chi connectivity index (χ1v) is 11.5. The zero-order valence-electron chi connectivity index (χ0n) is 19.2. The molecule has 12 nitrogen and oxygen atoms in total. The standard InChI is InChI=1S/C23H24N10O2/c1-31-12-9-23(35,21(31)34)19-14-33(30-29-19)20-7-4-5-15(26-20)16-8-10-24-22(27-16)28-17-13-25-32-11-3-2-6-18(17)32/h4-5,7-8,10,13-14,35H,2-3,6,9,11-12H2,1H3,(H,24,27,28). The number of likely N-dealkylation sites (N-methyl/N-ethyl adjacent to an activating group) is 1. The van der Waals surface area contributed by atoms with Gasteiger partial charge in [0, 0.05) is 32.8 Å². The number of pyridine rings is 1. The Bertz CT molecular complexity index is 1410. The highest BCUT2D eigenvalue weighted by Gasteiger charge is 2.47. The summed E-state index contributed by atoms with van der Waals surface area (Å²) in [5.41, 5.74) is 1.89. The molecular formula is C23H24N10O2. The smallest absolute Gasteiger partial charge is 0.260 e. The van der Waals surface area contributed by atoms with Crippen molar-refractivity contribution in [3.05, 3.63) is 54.2 Å². The number of hydrogen-bond donors (Lipinski definition) is 2. The van der Waals surface area contributed by atoms with E-state index in [0.717, 1.165) is 31.5 Å². The van der Waals surface area contributed by atoms with Crippen LogP contribution in [0.4, 0.5) is 11.6 Å². The molecule has 0 spiro atoms. The molecule has 1 amide bonds. The summed E-state index contributed by atoms with van der Waals surface area (Å²) >= 11 is 0. The molecule has 6 rings (SSSR count). The third-order valence-electron chi connectivity index (χ3n) is 6.54. The molecule has 0 radical (unpaired) electrons. The van der Waals surface area contributed by atoms with Gasteiger partial charge in [-0.1, -0.05) is 11.3 Å². The first kappa shape index (κ1) is 21.4. The Morgan fingerprint density at radius 1 is 1.11 bits per heavy atom. The molecule has 0 saturated carbocycles. The van der Waals surface area contributed by atoms with Crippen molar-refractivity contribution in [1.82, 2.24) is 44.6 Å². The van der Waals surface area contributed by atoms with Gasteiger partial charge in [0.25, 0.3) is 5.91 Å². The Labute approximate surface area is 200 Å². The minimum absolute atomic E-state index is 0.206. The van der Waals surface area contributed by atoms with Crippen molar-refractivity contribution in [3.8, 4) is 17.2 Å². The van der Waals surface area contributed by atoms with Crippen LogP contribution in [0.15, 0.2) is 42.9 Å². The van der Waals surface area contributed by atoms with E-state index >= 15 is 0 Å². The number of nitrogens with one attached hydrogen (secondary N) is 1. The quantitative estimate of drug-likeness (QED) is 0.441. The summed E-state index contributed by atoms with van der Waals surface area (Å²) in [5, 5.41) is 26.7. The molecule has 35 heavy (non-hydrogen) atoms. The molecule has 2 aliphatic heterocycles. The highest BCUT2D eigenvalue weighted by Crippen LogP contribution is 2.31. The fourth-order valence-corrected chi connectivity index (χ4v) is 4.56. The normalized spacial score (nSPS) is 19.7. The minimum atomic E-state index is -1.66. The first-order chi connectivity index (χ1) is 17.0. The molecule has 1 fully saturated rings. The lowest BCUT2D eigenvalue weighted by Gasteiger charge is -2.17. The summed E-state index contributed by atoms with van der Waals surface area (Å²) in [7, 11) is 1.66. The van der Waals surface area contributed by atoms with Gasteiger partial charge in [-0.2, -0.15) is 5.10 Å². The van der Waals surface area contributed by atoms with Gasteiger partial charge in [0.05, 0.1) is 35.2 Å². The molecule has 1 saturated heterocycles. The summed E-state index contributed by atoms with van der Waals surface area (Å²) in [4.78, 5) is 27.5. The maximum Gasteiger partial charge on any atom is 0.260 e. The van der Waals surface area contributed by atoms with Crippen LogP contribution in [-0.2, 0) is 23.4 Å². The van der Waals surface area contributed by atoms with Gasteiger partial charge in [-0.25, -0.2) is 19.6 Å². The van der Waals surface area contributed by atoms with Crippen LogP contribution in [-0.4, -0.2) is 69.2 Å². The van der Waals surface area contributed by atoms with Crippen molar-refractivity contribution in [1.29, 1.82) is 0 Å². The molecule has 2 aliphatic rings. The molecular weight excluding hydrogens is 448 g/mol. The number of likely N-dealkylation sites (tertiary alicyclic amines) is 1. The number of amides is 1. The van der Waals surface area contributed by atoms with Gasteiger partial charge in [-0.05, 0) is 37.5 Å². The van der Waals surface area contributed by atoms with E-state index in [2.05, 4.69) is 35.7 Å². The molecule has 12 heteroatoms. The highest BCUT2D eigenvalue weighted by atomic mass is 16.3. The number of hydrogen-bond acceptors (Lipinski definition) is 9. The number of carbonyl (C=O) groups is 1. The zero-order valence-corrected chi connectivity index (χ0v) is 19.2. The molecule has 1 atom stereocenters. The number of aliphatic hydroxyl groups is 1. The topological polar surface area (TPSA) is 140 Å². The average Bonchev–Trinajstić information content (AvgIpc) is 3.61. The maximum absolute atomic E-state index is 12.4. The van der Waals surface area contributed by atoms with Crippen LogP contribution in [0.25, 0.3) is 17.2 Å². The van der Waals surface area contributed by atoms with E-state index in [0.29, 0.717) is 29.7 Å². The number of aryl methyl sites for hydroxylation is 1. The largest absolute Gasteiger partial charge is 0.374 e. The average molecular weight is 473 g/mol. The lowest BCUT2D eigenvalue weighted by atomic mass is 9.99. The van der Waals surface area contributed by atoms with Crippen LogP contribution in [0, 0.1) is 0 Å². The molecule has 0 aromatic carbocycles. The fourth-order valence-electron chi connectivity index (χ4n) is 4.56. The highest BCUT2D eigenvalue weighted by molar-refractivity contribution is 5.87. The Morgan fingerprint density at radius 2 is 2.00 bits per heavy atom. The molecule has 0 aliphatic carbocycles. The van der Waals surface area contributed by atoms with Crippen LogP contribution in [0.1, 0.15) is 30.7 Å². The number of carbonyl (C=O) groups excluding carboxylic acids is 1. The van der Waals surface area contributed by atoms with E-state index in [4.69, 9.17) is 0 Å². The summed E-state index contributed by atoms with van der Waals surface area (Å²) in [6.45, 7) is 1.39. The Balaban J connectivity index is 1.26. The molecule has 6 heterocycles. The maximum atomic E-state index is 12.4. The summed E-state index contributed by atoms with van der Waals surface area (Å²) in [6.07, 6.45) is 8.57. The number of nitrogens with zero attached hydrogens (tertiary/aromatic N) is 9. The van der Waals surface area contributed by atoms with Crippen LogP contribution in [0.3, 0.4) is 0 Å². The molecule has 4 aromatic heterocycles. The van der Waals surface area contributed by atoms with Gasteiger partial charge in [0.15, 0.2) is 11.4 Å². The zero-order chi connectivity index (χ0) is 24.0. The van der Waals surface area contributed by atoms with E-state index in [9.17, 15) is 9.90 Å². The number of anilines is 2. The van der Waals surface area contributed by atoms with E-state index in [1.165, 1.54) is 15.3 Å². The van der Waals surface area contributed by atoms with Gasteiger partial charge < -0.3 is 15.3 Å². The summed E-state index contributed by atoms with van der Waals surface area (Å²) < 4.78 is 3.47. The van der Waals surface area contributed by atoms with E-state index in [-0.39, 0.29) is 18.0 Å².